The van der Waals surface area contributed by atoms with Crippen LogP contribution in [0.2, 0.25) is 0 Å². The second-order valence-corrected chi connectivity index (χ2v) is 7.05. The Hall–Kier alpha value is -2.08. The molecule has 6 heteroatoms. The maximum Gasteiger partial charge on any atom is 0.326 e. The molecule has 0 spiro atoms. The monoisotopic (exact) mass is 345 g/mol. The predicted molar refractivity (Wildman–Crippen MR) is 95.2 cm³/mol. The van der Waals surface area contributed by atoms with E-state index in [1.807, 2.05) is 18.2 Å². The molecule has 1 N–H and O–H groups in total. The first-order valence-electron chi connectivity index (χ1n) is 9.05. The number of methoxy groups -OCH3 is 1. The minimum atomic E-state index is -1.05. The Labute approximate surface area is 149 Å². The number of hydrogen-bond acceptors (Lipinski definition) is 4. The summed E-state index contributed by atoms with van der Waals surface area (Å²) in [7, 11) is 1.59. The van der Waals surface area contributed by atoms with E-state index in [0.717, 1.165) is 31.5 Å². The van der Waals surface area contributed by atoms with Crippen LogP contribution in [0.1, 0.15) is 44.6 Å². The lowest BCUT2D eigenvalue weighted by Crippen LogP contribution is -2.44. The summed E-state index contributed by atoms with van der Waals surface area (Å²) in [6.07, 6.45) is 5.97. The van der Waals surface area contributed by atoms with Crippen LogP contribution in [-0.2, 0) is 10.3 Å². The maximum atomic E-state index is 13.0. The van der Waals surface area contributed by atoms with Crippen molar-refractivity contribution in [1.82, 2.24) is 15.1 Å². The van der Waals surface area contributed by atoms with Gasteiger partial charge < -0.3 is 10.1 Å². The SMILES string of the molecule is COc1cccc([C@@]2(C)NC(=O)N(CN3CCCCCCC3)C2=O)c1. The van der Waals surface area contributed by atoms with Gasteiger partial charge in [-0.25, -0.2) is 9.69 Å². The number of urea groups is 1. The van der Waals surface area contributed by atoms with Crippen molar-refractivity contribution in [3.05, 3.63) is 29.8 Å². The molecule has 25 heavy (non-hydrogen) atoms. The van der Waals surface area contributed by atoms with Gasteiger partial charge in [0.15, 0.2) is 0 Å². The minimum Gasteiger partial charge on any atom is -0.497 e. The number of amides is 3. The second-order valence-electron chi connectivity index (χ2n) is 7.05. The van der Waals surface area contributed by atoms with E-state index in [4.69, 9.17) is 4.74 Å². The number of nitrogens with zero attached hydrogens (tertiary/aromatic N) is 2. The Bertz CT molecular complexity index is 641. The highest BCUT2D eigenvalue weighted by Crippen LogP contribution is 2.31. The first-order chi connectivity index (χ1) is 12.0. The van der Waals surface area contributed by atoms with E-state index in [1.54, 1.807) is 20.1 Å². The summed E-state index contributed by atoms with van der Waals surface area (Å²) < 4.78 is 5.25. The molecule has 0 radical (unpaired) electrons. The molecule has 136 valence electrons. The first-order valence-corrected chi connectivity index (χ1v) is 9.05. The van der Waals surface area contributed by atoms with Gasteiger partial charge in [-0.3, -0.25) is 9.69 Å². The number of likely N-dealkylation sites (tertiary alicyclic amines) is 1. The Morgan fingerprint density at radius 2 is 1.80 bits per heavy atom. The summed E-state index contributed by atoms with van der Waals surface area (Å²) in [6, 6.07) is 6.99. The molecule has 0 aromatic heterocycles. The first kappa shape index (κ1) is 17.7. The molecule has 2 fully saturated rings. The van der Waals surface area contributed by atoms with E-state index in [-0.39, 0.29) is 11.9 Å². The zero-order valence-electron chi connectivity index (χ0n) is 15.1. The zero-order chi connectivity index (χ0) is 17.9. The van der Waals surface area contributed by atoms with E-state index in [2.05, 4.69) is 10.2 Å². The van der Waals surface area contributed by atoms with E-state index in [0.29, 0.717) is 12.4 Å². The van der Waals surface area contributed by atoms with Gasteiger partial charge in [0, 0.05) is 0 Å². The summed E-state index contributed by atoms with van der Waals surface area (Å²) >= 11 is 0. The highest BCUT2D eigenvalue weighted by atomic mass is 16.5. The van der Waals surface area contributed by atoms with Crippen LogP contribution in [-0.4, -0.2) is 48.6 Å². The van der Waals surface area contributed by atoms with Crippen LogP contribution in [0, 0.1) is 0 Å². The summed E-state index contributed by atoms with van der Waals surface area (Å²) in [6.45, 7) is 4.00. The molecule has 0 aliphatic carbocycles. The molecule has 2 heterocycles. The molecule has 1 aromatic rings. The van der Waals surface area contributed by atoms with Gasteiger partial charge in [0.1, 0.15) is 11.3 Å². The molecule has 1 aromatic carbocycles. The van der Waals surface area contributed by atoms with Crippen molar-refractivity contribution in [2.75, 3.05) is 26.9 Å². The summed E-state index contributed by atoms with van der Waals surface area (Å²) in [5, 5.41) is 2.87. The molecule has 6 nitrogen and oxygen atoms in total. The van der Waals surface area contributed by atoms with E-state index >= 15 is 0 Å². The van der Waals surface area contributed by atoms with Crippen molar-refractivity contribution in [3.8, 4) is 5.75 Å². The highest BCUT2D eigenvalue weighted by Gasteiger charge is 2.49. The highest BCUT2D eigenvalue weighted by molar-refractivity contribution is 6.07. The second kappa shape index (κ2) is 7.44. The van der Waals surface area contributed by atoms with Gasteiger partial charge in [-0.1, -0.05) is 31.4 Å². The fraction of sp³-hybridized carbons (Fsp3) is 0.579. The quantitative estimate of drug-likeness (QED) is 0.852. The van der Waals surface area contributed by atoms with Gasteiger partial charge in [0.05, 0.1) is 13.8 Å². The molecule has 3 rings (SSSR count). The van der Waals surface area contributed by atoms with Crippen molar-refractivity contribution < 1.29 is 14.3 Å². The maximum absolute atomic E-state index is 13.0. The number of carbonyl (C=O) groups is 2. The van der Waals surface area contributed by atoms with Crippen LogP contribution < -0.4 is 10.1 Å². The van der Waals surface area contributed by atoms with Crippen molar-refractivity contribution >= 4 is 11.9 Å². The molecule has 0 bridgehead atoms. The lowest BCUT2D eigenvalue weighted by Gasteiger charge is -2.28. The molecule has 2 aliphatic rings. The Balaban J connectivity index is 1.76. The Morgan fingerprint density at radius 3 is 2.48 bits per heavy atom. The van der Waals surface area contributed by atoms with Gasteiger partial charge in [0.25, 0.3) is 5.91 Å². The number of imide groups is 1. The average Bonchev–Trinajstić information content (AvgIpc) is 2.81. The third-order valence-corrected chi connectivity index (χ3v) is 5.21. The predicted octanol–water partition coefficient (Wildman–Crippen LogP) is 2.69. The molecule has 2 aliphatic heterocycles. The fourth-order valence-electron chi connectivity index (χ4n) is 3.61. The standard InChI is InChI=1S/C19H27N3O3/c1-19(15-9-8-10-16(13-15)25-2)17(23)22(18(24)20-19)14-21-11-6-4-3-5-7-12-21/h8-10,13H,3-7,11-12,14H2,1-2H3,(H,20,24)/t19-/m1/s1. The fourth-order valence-corrected chi connectivity index (χ4v) is 3.61. The van der Waals surface area contributed by atoms with Crippen LogP contribution in [0.25, 0.3) is 0 Å². The number of carbonyl (C=O) groups excluding carboxylic acids is 2. The van der Waals surface area contributed by atoms with E-state index < -0.39 is 5.54 Å². The van der Waals surface area contributed by atoms with Crippen LogP contribution >= 0.6 is 0 Å². The largest absolute Gasteiger partial charge is 0.497 e. The summed E-state index contributed by atoms with van der Waals surface area (Å²) in [4.78, 5) is 29.1. The molecular formula is C19H27N3O3. The number of hydrogen-bond donors (Lipinski definition) is 1. The number of ether oxygens (including phenoxy) is 1. The van der Waals surface area contributed by atoms with Crippen LogP contribution in [0.5, 0.6) is 5.75 Å². The van der Waals surface area contributed by atoms with E-state index in [1.165, 1.54) is 24.2 Å². The van der Waals surface area contributed by atoms with Crippen molar-refractivity contribution in [3.63, 3.8) is 0 Å². The van der Waals surface area contributed by atoms with Crippen molar-refractivity contribution in [2.24, 2.45) is 0 Å². The van der Waals surface area contributed by atoms with Gasteiger partial charge in [-0.2, -0.15) is 0 Å². The molecule has 2 saturated heterocycles. The van der Waals surface area contributed by atoms with Crippen LogP contribution in [0.15, 0.2) is 24.3 Å². The van der Waals surface area contributed by atoms with Gasteiger partial charge in [0.2, 0.25) is 0 Å². The Kier molecular flexibility index (Phi) is 5.27. The zero-order valence-corrected chi connectivity index (χ0v) is 15.1. The van der Waals surface area contributed by atoms with Crippen LogP contribution in [0.3, 0.4) is 0 Å². The normalized spacial score (nSPS) is 25.4. The van der Waals surface area contributed by atoms with Crippen molar-refractivity contribution in [1.29, 1.82) is 0 Å². The molecular weight excluding hydrogens is 318 g/mol. The van der Waals surface area contributed by atoms with Crippen LogP contribution in [0.4, 0.5) is 4.79 Å². The third kappa shape index (κ3) is 3.63. The van der Waals surface area contributed by atoms with E-state index in [9.17, 15) is 9.59 Å². The number of rotatable bonds is 4. The molecule has 0 unspecified atom stereocenters. The number of benzene rings is 1. The Morgan fingerprint density at radius 1 is 1.12 bits per heavy atom. The molecule has 0 saturated carbocycles. The molecule has 3 amide bonds. The lowest BCUT2D eigenvalue weighted by molar-refractivity contribution is -0.132. The summed E-state index contributed by atoms with van der Waals surface area (Å²) in [5.41, 5.74) is -0.311. The average molecular weight is 345 g/mol. The van der Waals surface area contributed by atoms with Gasteiger partial charge >= 0.3 is 6.03 Å². The smallest absolute Gasteiger partial charge is 0.326 e. The summed E-state index contributed by atoms with van der Waals surface area (Å²) in [5.74, 6) is 0.468. The van der Waals surface area contributed by atoms with Gasteiger partial charge in [-0.05, 0) is 50.6 Å². The molecule has 1 atom stereocenters. The lowest BCUT2D eigenvalue weighted by atomic mass is 9.92. The van der Waals surface area contributed by atoms with Crippen molar-refractivity contribution in [2.45, 2.75) is 44.6 Å². The number of nitrogens with one attached hydrogen (secondary N) is 1. The topological polar surface area (TPSA) is 61.9 Å². The third-order valence-electron chi connectivity index (χ3n) is 5.21. The van der Waals surface area contributed by atoms with Gasteiger partial charge in [-0.15, -0.1) is 0 Å². The minimum absolute atomic E-state index is 0.201.